The van der Waals surface area contributed by atoms with Crippen LogP contribution in [0, 0.1) is 6.92 Å². The van der Waals surface area contributed by atoms with Gasteiger partial charge in [-0.3, -0.25) is 4.79 Å². The van der Waals surface area contributed by atoms with E-state index in [9.17, 15) is 4.79 Å². The molecular formula is C18H18N6O. The number of aryl methyl sites for hydroxylation is 1. The van der Waals surface area contributed by atoms with Gasteiger partial charge < -0.3 is 16.4 Å². The number of nitrogens with two attached hydrogens (primary N) is 1. The Morgan fingerprint density at radius 2 is 1.64 bits per heavy atom. The number of carbonyl (C=O) groups is 1. The Hall–Kier alpha value is -3.48. The second-order valence-electron chi connectivity index (χ2n) is 5.59. The lowest BCUT2D eigenvalue weighted by Crippen LogP contribution is -2.06. The summed E-state index contributed by atoms with van der Waals surface area (Å²) in [5, 5.41) is 6.20. The summed E-state index contributed by atoms with van der Waals surface area (Å²) in [6.07, 6.45) is 3.18. The van der Waals surface area contributed by atoms with Crippen LogP contribution in [0.5, 0.6) is 0 Å². The standard InChI is InChI=1S/C18H18N6O/c1-11-3-8-15(20-9-11)24-18-16(19)17(21-10-22-18)23-14-6-4-13(5-7-14)12(2)25/h3-10H,19H2,1-2H3,(H2,20,21,22,23,24). The molecule has 126 valence electrons. The number of aromatic nitrogens is 3. The van der Waals surface area contributed by atoms with Crippen LogP contribution in [0.3, 0.4) is 0 Å². The minimum absolute atomic E-state index is 0.0187. The maximum absolute atomic E-state index is 11.3. The third kappa shape index (κ3) is 3.89. The predicted molar refractivity (Wildman–Crippen MR) is 98.4 cm³/mol. The van der Waals surface area contributed by atoms with Crippen LogP contribution in [0.2, 0.25) is 0 Å². The molecule has 0 bridgehead atoms. The summed E-state index contributed by atoms with van der Waals surface area (Å²) in [7, 11) is 0. The number of benzene rings is 1. The summed E-state index contributed by atoms with van der Waals surface area (Å²) < 4.78 is 0. The summed E-state index contributed by atoms with van der Waals surface area (Å²) in [6, 6.07) is 10.9. The fourth-order valence-corrected chi connectivity index (χ4v) is 2.18. The van der Waals surface area contributed by atoms with Gasteiger partial charge in [-0.2, -0.15) is 0 Å². The maximum Gasteiger partial charge on any atom is 0.160 e. The largest absolute Gasteiger partial charge is 0.393 e. The van der Waals surface area contributed by atoms with Crippen LogP contribution in [0.25, 0.3) is 0 Å². The van der Waals surface area contributed by atoms with E-state index in [1.54, 1.807) is 30.5 Å². The Bertz CT molecular complexity index is 890. The van der Waals surface area contributed by atoms with Crippen molar-refractivity contribution in [1.29, 1.82) is 0 Å². The summed E-state index contributed by atoms with van der Waals surface area (Å²) >= 11 is 0. The van der Waals surface area contributed by atoms with Gasteiger partial charge in [-0.1, -0.05) is 6.07 Å². The fourth-order valence-electron chi connectivity index (χ4n) is 2.18. The van der Waals surface area contributed by atoms with Gasteiger partial charge in [0.05, 0.1) is 0 Å². The Kier molecular flexibility index (Phi) is 4.56. The van der Waals surface area contributed by atoms with E-state index in [1.165, 1.54) is 13.3 Å². The van der Waals surface area contributed by atoms with Gasteiger partial charge in [0, 0.05) is 17.4 Å². The Morgan fingerprint density at radius 1 is 0.960 bits per heavy atom. The van der Waals surface area contributed by atoms with Gasteiger partial charge in [0.25, 0.3) is 0 Å². The minimum Gasteiger partial charge on any atom is -0.393 e. The van der Waals surface area contributed by atoms with E-state index in [2.05, 4.69) is 25.6 Å². The summed E-state index contributed by atoms with van der Waals surface area (Å²) in [6.45, 7) is 3.50. The third-order valence-electron chi connectivity index (χ3n) is 3.60. The van der Waals surface area contributed by atoms with Crippen LogP contribution in [-0.2, 0) is 0 Å². The number of carbonyl (C=O) groups excluding carboxylic acids is 1. The van der Waals surface area contributed by atoms with E-state index in [0.717, 1.165) is 11.3 Å². The second kappa shape index (κ2) is 6.96. The van der Waals surface area contributed by atoms with Gasteiger partial charge in [-0.15, -0.1) is 0 Å². The first kappa shape index (κ1) is 16.4. The SMILES string of the molecule is CC(=O)c1ccc(Nc2ncnc(Nc3ccc(C)cn3)c2N)cc1. The zero-order valence-corrected chi connectivity index (χ0v) is 13.9. The Balaban J connectivity index is 1.80. The molecule has 2 heterocycles. The van der Waals surface area contributed by atoms with Crippen molar-refractivity contribution >= 4 is 34.6 Å². The fraction of sp³-hybridized carbons (Fsp3) is 0.111. The number of hydrogen-bond acceptors (Lipinski definition) is 7. The smallest absolute Gasteiger partial charge is 0.160 e. The molecule has 0 spiro atoms. The number of Topliss-reactive ketones (excluding diaryl/α,β-unsaturated/α-hetero) is 1. The minimum atomic E-state index is 0.0187. The first-order valence-corrected chi connectivity index (χ1v) is 7.71. The quantitative estimate of drug-likeness (QED) is 0.614. The molecular weight excluding hydrogens is 316 g/mol. The molecule has 0 saturated carbocycles. The number of nitrogens with one attached hydrogen (secondary N) is 2. The molecule has 4 N–H and O–H groups in total. The van der Waals surface area contributed by atoms with Crippen LogP contribution in [0.15, 0.2) is 48.9 Å². The zero-order valence-electron chi connectivity index (χ0n) is 13.9. The number of rotatable bonds is 5. The van der Waals surface area contributed by atoms with Crippen molar-refractivity contribution < 1.29 is 4.79 Å². The van der Waals surface area contributed by atoms with E-state index >= 15 is 0 Å². The zero-order chi connectivity index (χ0) is 17.8. The van der Waals surface area contributed by atoms with Gasteiger partial charge in [0.1, 0.15) is 17.8 Å². The molecule has 0 amide bonds. The maximum atomic E-state index is 11.3. The molecule has 7 heteroatoms. The number of nitrogens with zero attached hydrogens (tertiary/aromatic N) is 3. The number of nitrogen functional groups attached to an aromatic ring is 1. The third-order valence-corrected chi connectivity index (χ3v) is 3.60. The van der Waals surface area contributed by atoms with Crippen molar-refractivity contribution in [1.82, 2.24) is 15.0 Å². The van der Waals surface area contributed by atoms with Crippen molar-refractivity contribution in [2.75, 3.05) is 16.4 Å². The lowest BCUT2D eigenvalue weighted by molar-refractivity contribution is 0.101. The van der Waals surface area contributed by atoms with E-state index in [4.69, 9.17) is 5.73 Å². The van der Waals surface area contributed by atoms with Crippen molar-refractivity contribution in [2.24, 2.45) is 0 Å². The van der Waals surface area contributed by atoms with Crippen molar-refractivity contribution in [3.05, 3.63) is 60.0 Å². The molecule has 3 aromatic rings. The number of pyridine rings is 1. The van der Waals surface area contributed by atoms with Gasteiger partial charge in [0.15, 0.2) is 17.4 Å². The molecule has 0 atom stereocenters. The molecule has 7 nitrogen and oxygen atoms in total. The van der Waals surface area contributed by atoms with Gasteiger partial charge in [0.2, 0.25) is 0 Å². The monoisotopic (exact) mass is 334 g/mol. The lowest BCUT2D eigenvalue weighted by Gasteiger charge is -2.12. The van der Waals surface area contributed by atoms with Crippen LogP contribution in [0.1, 0.15) is 22.8 Å². The molecule has 0 unspecified atom stereocenters. The molecule has 0 aliphatic carbocycles. The molecule has 1 aromatic carbocycles. The number of anilines is 5. The summed E-state index contributed by atoms with van der Waals surface area (Å²) in [5.74, 6) is 1.60. The van der Waals surface area contributed by atoms with Gasteiger partial charge in [-0.25, -0.2) is 15.0 Å². The van der Waals surface area contributed by atoms with Gasteiger partial charge in [-0.05, 0) is 49.7 Å². The van der Waals surface area contributed by atoms with E-state index in [-0.39, 0.29) is 5.78 Å². The van der Waals surface area contributed by atoms with Gasteiger partial charge >= 0.3 is 0 Å². The van der Waals surface area contributed by atoms with E-state index in [1.807, 2.05) is 19.1 Å². The topological polar surface area (TPSA) is 106 Å². The molecule has 0 fully saturated rings. The first-order valence-electron chi connectivity index (χ1n) is 7.71. The van der Waals surface area contributed by atoms with E-state index < -0.39 is 0 Å². The molecule has 0 aliphatic heterocycles. The van der Waals surface area contributed by atoms with E-state index in [0.29, 0.717) is 28.7 Å². The van der Waals surface area contributed by atoms with Crippen LogP contribution in [0.4, 0.5) is 28.8 Å². The highest BCUT2D eigenvalue weighted by Crippen LogP contribution is 2.27. The first-order chi connectivity index (χ1) is 12.0. The molecule has 25 heavy (non-hydrogen) atoms. The summed E-state index contributed by atoms with van der Waals surface area (Å²) in [4.78, 5) is 23.9. The highest BCUT2D eigenvalue weighted by Gasteiger charge is 2.09. The summed E-state index contributed by atoms with van der Waals surface area (Å²) in [5.41, 5.74) is 9.02. The van der Waals surface area contributed by atoms with Crippen molar-refractivity contribution in [3.8, 4) is 0 Å². The Labute approximate surface area is 145 Å². The van der Waals surface area contributed by atoms with Crippen LogP contribution < -0.4 is 16.4 Å². The molecule has 0 saturated heterocycles. The van der Waals surface area contributed by atoms with Crippen LogP contribution in [-0.4, -0.2) is 20.7 Å². The molecule has 3 rings (SSSR count). The highest BCUT2D eigenvalue weighted by atomic mass is 16.1. The van der Waals surface area contributed by atoms with Crippen molar-refractivity contribution in [2.45, 2.75) is 13.8 Å². The molecule has 2 aromatic heterocycles. The molecule has 0 radical (unpaired) electrons. The van der Waals surface area contributed by atoms with Crippen molar-refractivity contribution in [3.63, 3.8) is 0 Å². The second-order valence-corrected chi connectivity index (χ2v) is 5.59. The molecule has 0 aliphatic rings. The van der Waals surface area contributed by atoms with Crippen LogP contribution >= 0.6 is 0 Å². The average Bonchev–Trinajstić information content (AvgIpc) is 2.61. The normalized spacial score (nSPS) is 10.3. The number of ketones is 1. The Morgan fingerprint density at radius 3 is 2.24 bits per heavy atom. The average molecular weight is 334 g/mol. The lowest BCUT2D eigenvalue weighted by atomic mass is 10.1. The number of hydrogen-bond donors (Lipinski definition) is 3. The highest BCUT2D eigenvalue weighted by molar-refractivity contribution is 5.94. The predicted octanol–water partition coefficient (Wildman–Crippen LogP) is 3.45.